The summed E-state index contributed by atoms with van der Waals surface area (Å²) < 4.78 is 5.94. The summed E-state index contributed by atoms with van der Waals surface area (Å²) in [4.78, 5) is 3.35. The fourth-order valence-electron chi connectivity index (χ4n) is 2.72. The molecule has 3 aromatic rings. The summed E-state index contributed by atoms with van der Waals surface area (Å²) in [6, 6.07) is 16.5. The highest BCUT2D eigenvalue weighted by Crippen LogP contribution is 2.24. The fraction of sp³-hybridized carbons (Fsp3) is 0.300. The molecule has 0 fully saturated rings. The number of H-pyrrole nitrogens is 1. The largest absolute Gasteiger partial charge is 0.489 e. The van der Waals surface area contributed by atoms with Gasteiger partial charge in [-0.2, -0.15) is 0 Å². The monoisotopic (exact) mass is 308 g/mol. The van der Waals surface area contributed by atoms with Crippen LogP contribution in [0.5, 0.6) is 5.75 Å². The molecule has 0 unspecified atom stereocenters. The lowest BCUT2D eigenvalue weighted by atomic mass is 10.1. The van der Waals surface area contributed by atoms with Crippen molar-refractivity contribution in [2.75, 3.05) is 13.1 Å². The first-order chi connectivity index (χ1) is 11.4. The summed E-state index contributed by atoms with van der Waals surface area (Å²) in [6.07, 6.45) is 4.31. The van der Waals surface area contributed by atoms with Gasteiger partial charge in [-0.05, 0) is 55.3 Å². The van der Waals surface area contributed by atoms with E-state index in [9.17, 15) is 0 Å². The quantitative estimate of drug-likeness (QED) is 0.609. The molecule has 0 bridgehead atoms. The third-order valence-electron chi connectivity index (χ3n) is 3.99. The van der Waals surface area contributed by atoms with Gasteiger partial charge in [-0.1, -0.05) is 37.3 Å². The standard InChI is InChI=1S/C20H24N2O/c1-2-11-21-12-10-17-14-22-20-9-8-18(13-19(17)20)23-15-16-6-4-3-5-7-16/h3-9,13-14,21-22H,2,10-12,15H2,1H3. The maximum Gasteiger partial charge on any atom is 0.120 e. The molecule has 0 saturated heterocycles. The first kappa shape index (κ1) is 15.6. The topological polar surface area (TPSA) is 37.0 Å². The second-order valence-electron chi connectivity index (χ2n) is 5.80. The van der Waals surface area contributed by atoms with Gasteiger partial charge in [0.1, 0.15) is 12.4 Å². The van der Waals surface area contributed by atoms with Crippen molar-refractivity contribution in [3.05, 3.63) is 65.9 Å². The van der Waals surface area contributed by atoms with Crippen molar-refractivity contribution < 1.29 is 4.74 Å². The summed E-state index contributed by atoms with van der Waals surface area (Å²) in [7, 11) is 0. The zero-order chi connectivity index (χ0) is 15.9. The van der Waals surface area contributed by atoms with Crippen molar-refractivity contribution in [2.45, 2.75) is 26.4 Å². The second-order valence-corrected chi connectivity index (χ2v) is 5.80. The number of aromatic nitrogens is 1. The number of fused-ring (bicyclic) bond motifs is 1. The summed E-state index contributed by atoms with van der Waals surface area (Å²) in [5.74, 6) is 0.920. The molecule has 0 atom stereocenters. The zero-order valence-corrected chi connectivity index (χ0v) is 13.6. The maximum absolute atomic E-state index is 5.94. The van der Waals surface area contributed by atoms with E-state index >= 15 is 0 Å². The van der Waals surface area contributed by atoms with E-state index in [1.165, 1.54) is 28.5 Å². The van der Waals surface area contributed by atoms with Gasteiger partial charge in [0.2, 0.25) is 0 Å². The molecule has 1 heterocycles. The van der Waals surface area contributed by atoms with Crippen LogP contribution < -0.4 is 10.1 Å². The van der Waals surface area contributed by atoms with Crippen LogP contribution in [-0.4, -0.2) is 18.1 Å². The first-order valence-electron chi connectivity index (χ1n) is 8.34. The Bertz CT molecular complexity index is 734. The van der Waals surface area contributed by atoms with Crippen molar-refractivity contribution in [3.63, 3.8) is 0 Å². The Hall–Kier alpha value is -2.26. The Labute approximate surface area is 137 Å². The van der Waals surface area contributed by atoms with Gasteiger partial charge in [-0.3, -0.25) is 0 Å². The highest BCUT2D eigenvalue weighted by atomic mass is 16.5. The van der Waals surface area contributed by atoms with E-state index in [0.717, 1.165) is 25.3 Å². The van der Waals surface area contributed by atoms with Crippen LogP contribution in [0.2, 0.25) is 0 Å². The number of aromatic amines is 1. The van der Waals surface area contributed by atoms with Gasteiger partial charge in [0.15, 0.2) is 0 Å². The Kier molecular flexibility index (Phi) is 5.33. The number of ether oxygens (including phenoxy) is 1. The SMILES string of the molecule is CCCNCCc1c[nH]c2ccc(OCc3ccccc3)cc12. The zero-order valence-electron chi connectivity index (χ0n) is 13.6. The van der Waals surface area contributed by atoms with Gasteiger partial charge in [0.05, 0.1) is 0 Å². The lowest BCUT2D eigenvalue weighted by molar-refractivity contribution is 0.306. The van der Waals surface area contributed by atoms with Crippen LogP contribution in [-0.2, 0) is 13.0 Å². The summed E-state index contributed by atoms with van der Waals surface area (Å²) in [5, 5.41) is 4.71. The number of benzene rings is 2. The van der Waals surface area contributed by atoms with E-state index < -0.39 is 0 Å². The van der Waals surface area contributed by atoms with E-state index in [1.54, 1.807) is 0 Å². The van der Waals surface area contributed by atoms with E-state index in [2.05, 4.69) is 47.7 Å². The van der Waals surface area contributed by atoms with Crippen molar-refractivity contribution in [1.29, 1.82) is 0 Å². The van der Waals surface area contributed by atoms with Crippen LogP contribution >= 0.6 is 0 Å². The number of hydrogen-bond donors (Lipinski definition) is 2. The van der Waals surface area contributed by atoms with Crippen LogP contribution in [0, 0.1) is 0 Å². The molecule has 0 aliphatic carbocycles. The van der Waals surface area contributed by atoms with Gasteiger partial charge in [0, 0.05) is 17.1 Å². The van der Waals surface area contributed by atoms with Gasteiger partial charge in [-0.15, -0.1) is 0 Å². The summed E-state index contributed by atoms with van der Waals surface area (Å²) in [5.41, 5.74) is 3.70. The average molecular weight is 308 g/mol. The molecule has 1 aromatic heterocycles. The molecule has 3 rings (SSSR count). The maximum atomic E-state index is 5.94. The highest BCUT2D eigenvalue weighted by molar-refractivity contribution is 5.84. The minimum atomic E-state index is 0.601. The van der Waals surface area contributed by atoms with E-state index in [-0.39, 0.29) is 0 Å². The lowest BCUT2D eigenvalue weighted by Gasteiger charge is -2.07. The Morgan fingerprint density at radius 1 is 1.04 bits per heavy atom. The molecule has 0 spiro atoms. The average Bonchev–Trinajstić information content (AvgIpc) is 3.00. The molecule has 0 radical (unpaired) electrons. The van der Waals surface area contributed by atoms with E-state index in [0.29, 0.717) is 6.61 Å². The predicted octanol–water partition coefficient (Wildman–Crippen LogP) is 4.29. The molecule has 2 aromatic carbocycles. The molecular formula is C20H24N2O. The van der Waals surface area contributed by atoms with Gasteiger partial charge < -0.3 is 15.0 Å². The van der Waals surface area contributed by atoms with Gasteiger partial charge >= 0.3 is 0 Å². The Morgan fingerprint density at radius 3 is 2.74 bits per heavy atom. The van der Waals surface area contributed by atoms with Crippen molar-refractivity contribution >= 4 is 10.9 Å². The molecule has 0 aliphatic heterocycles. The summed E-state index contributed by atoms with van der Waals surface area (Å²) >= 11 is 0. The molecule has 0 amide bonds. The van der Waals surface area contributed by atoms with Gasteiger partial charge in [0.25, 0.3) is 0 Å². The first-order valence-corrected chi connectivity index (χ1v) is 8.34. The third-order valence-corrected chi connectivity index (χ3v) is 3.99. The number of rotatable bonds is 8. The highest BCUT2D eigenvalue weighted by Gasteiger charge is 2.05. The smallest absolute Gasteiger partial charge is 0.120 e. The van der Waals surface area contributed by atoms with Crippen molar-refractivity contribution in [2.24, 2.45) is 0 Å². The third kappa shape index (κ3) is 4.14. The molecule has 23 heavy (non-hydrogen) atoms. The van der Waals surface area contributed by atoms with Crippen molar-refractivity contribution in [3.8, 4) is 5.75 Å². The minimum absolute atomic E-state index is 0.601. The van der Waals surface area contributed by atoms with Crippen LogP contribution in [0.4, 0.5) is 0 Å². The molecule has 0 aliphatic rings. The van der Waals surface area contributed by atoms with Crippen LogP contribution in [0.1, 0.15) is 24.5 Å². The molecule has 3 heteroatoms. The number of hydrogen-bond acceptors (Lipinski definition) is 2. The van der Waals surface area contributed by atoms with Crippen LogP contribution in [0.25, 0.3) is 10.9 Å². The Balaban J connectivity index is 1.67. The molecule has 120 valence electrons. The molecule has 3 nitrogen and oxygen atoms in total. The Morgan fingerprint density at radius 2 is 1.91 bits per heavy atom. The van der Waals surface area contributed by atoms with E-state index in [1.807, 2.05) is 24.3 Å². The van der Waals surface area contributed by atoms with E-state index in [4.69, 9.17) is 4.74 Å². The lowest BCUT2D eigenvalue weighted by Crippen LogP contribution is -2.17. The molecular weight excluding hydrogens is 284 g/mol. The fourth-order valence-corrected chi connectivity index (χ4v) is 2.72. The molecule has 2 N–H and O–H groups in total. The predicted molar refractivity (Wildman–Crippen MR) is 95.9 cm³/mol. The number of nitrogens with one attached hydrogen (secondary N) is 2. The summed E-state index contributed by atoms with van der Waals surface area (Å²) in [6.45, 7) is 4.88. The second kappa shape index (κ2) is 7.84. The molecule has 0 saturated carbocycles. The van der Waals surface area contributed by atoms with Crippen LogP contribution in [0.3, 0.4) is 0 Å². The normalized spacial score (nSPS) is 11.0. The van der Waals surface area contributed by atoms with Crippen LogP contribution in [0.15, 0.2) is 54.7 Å². The van der Waals surface area contributed by atoms with Gasteiger partial charge in [-0.25, -0.2) is 0 Å². The minimum Gasteiger partial charge on any atom is -0.489 e. The van der Waals surface area contributed by atoms with Crippen molar-refractivity contribution in [1.82, 2.24) is 10.3 Å².